The largest absolute Gasteiger partial charge is 1.00 e. The number of fused-ring (bicyclic) bond motifs is 5. The van der Waals surface area contributed by atoms with E-state index in [2.05, 4.69) is 34.6 Å². The van der Waals surface area contributed by atoms with Crippen molar-refractivity contribution in [3.8, 4) is 11.5 Å². The van der Waals surface area contributed by atoms with E-state index in [1.807, 2.05) is 6.08 Å². The molecular weight excluding hydrogens is 753 g/mol. The molecule has 2 N–H and O–H groups in total. The molecule has 4 fully saturated rings. The third-order valence-corrected chi connectivity index (χ3v) is 15.6. The molecule has 9 atom stereocenters. The summed E-state index contributed by atoms with van der Waals surface area (Å²) >= 11 is 12.5. The third kappa shape index (κ3) is 9.53. The fourth-order valence-electron chi connectivity index (χ4n) is 12.3. The molecule has 2 aromatic carbocycles. The van der Waals surface area contributed by atoms with Gasteiger partial charge in [-0.1, -0.05) is 94.7 Å². The molecule has 0 amide bonds. The molecule has 0 bridgehead atoms. The Morgan fingerprint density at radius 3 is 1.93 bits per heavy atom. The number of hydrogen-bond donors (Lipinski definition) is 2. The summed E-state index contributed by atoms with van der Waals surface area (Å²) in [7, 11) is 0. The number of aromatic carboxylic acids is 2. The molecule has 0 heterocycles. The van der Waals surface area contributed by atoms with E-state index in [0.29, 0.717) is 45.8 Å². The van der Waals surface area contributed by atoms with Crippen LogP contribution in [0.2, 0.25) is 10.0 Å². The van der Waals surface area contributed by atoms with E-state index in [9.17, 15) is 30.0 Å². The van der Waals surface area contributed by atoms with Crippen molar-refractivity contribution in [1.29, 1.82) is 0 Å². The van der Waals surface area contributed by atoms with Gasteiger partial charge in [-0.05, 0) is 170 Å². The molecule has 2 aromatic rings. The molecule has 0 aliphatic heterocycles. The number of allylic oxidation sites excluding steroid dienone is 1. The topological polar surface area (TPSA) is 121 Å². The van der Waals surface area contributed by atoms with E-state index >= 15 is 0 Å². The molecule has 6 nitrogen and oxygen atoms in total. The molecule has 0 saturated heterocycles. The van der Waals surface area contributed by atoms with Crippen LogP contribution in [0.3, 0.4) is 0 Å². The number of hydrogen-bond acceptors (Lipinski definition) is 4. The van der Waals surface area contributed by atoms with Gasteiger partial charge in [0.05, 0.1) is 11.1 Å². The first kappa shape index (κ1) is 47.0. The maximum Gasteiger partial charge on any atom is 1.00 e. The van der Waals surface area contributed by atoms with E-state index in [4.69, 9.17) is 23.2 Å². The van der Waals surface area contributed by atoms with E-state index in [1.54, 1.807) is 0 Å². The minimum Gasteiger partial charge on any atom is -0.871 e. The molecule has 55 heavy (non-hydrogen) atoms. The SMILES string of the molecule is CC(C)CCC[C@@H](C)[C@H]1CC[C@H]2[C@@H]3CC[C@H]4C[C@@H](CCC=C(c5cc(Cl)c([O-])c(C(=O)O)c5)c5cc(Cl)c([O-])c(C(=O)O)c5)CC[C@]4(C)[C@H]3CC[C@]12C.[Na+].[Na+]. The predicted molar refractivity (Wildman–Crippen MR) is 209 cm³/mol. The van der Waals surface area contributed by atoms with Crippen LogP contribution < -0.4 is 69.3 Å². The van der Waals surface area contributed by atoms with Crippen molar-refractivity contribution in [1.82, 2.24) is 0 Å². The monoisotopic (exact) mass is 810 g/mol. The number of benzene rings is 2. The molecule has 0 aromatic heterocycles. The Bertz CT molecular complexity index is 1670. The maximum absolute atomic E-state index is 12.5. The van der Waals surface area contributed by atoms with E-state index in [-0.39, 0.29) is 69.2 Å². The summed E-state index contributed by atoms with van der Waals surface area (Å²) in [4.78, 5) is 23.8. The van der Waals surface area contributed by atoms with Crippen LogP contribution in [0.15, 0.2) is 30.3 Å². The molecule has 0 radical (unpaired) electrons. The summed E-state index contributed by atoms with van der Waals surface area (Å²) in [5, 5.41) is 43.9. The first-order valence-electron chi connectivity index (χ1n) is 20.2. The maximum atomic E-state index is 12.5. The van der Waals surface area contributed by atoms with Crippen molar-refractivity contribution in [2.45, 2.75) is 125 Å². The van der Waals surface area contributed by atoms with Crippen LogP contribution >= 0.6 is 23.2 Å². The summed E-state index contributed by atoms with van der Waals surface area (Å²) in [6.45, 7) is 12.5. The zero-order chi connectivity index (χ0) is 38.4. The van der Waals surface area contributed by atoms with Gasteiger partial charge in [0.1, 0.15) is 0 Å². The smallest absolute Gasteiger partial charge is 0.871 e. The van der Waals surface area contributed by atoms with Crippen LogP contribution in [-0.4, -0.2) is 22.2 Å². The fraction of sp³-hybridized carbons (Fsp3) is 0.644. The minimum absolute atomic E-state index is 0. The van der Waals surface area contributed by atoms with Gasteiger partial charge in [-0.25, -0.2) is 9.59 Å². The van der Waals surface area contributed by atoms with Crippen LogP contribution in [0.1, 0.15) is 156 Å². The Balaban J connectivity index is 0.00000336. The zero-order valence-electron chi connectivity index (χ0n) is 34.2. The van der Waals surface area contributed by atoms with Crippen LogP contribution in [0.5, 0.6) is 11.5 Å². The second-order valence-corrected chi connectivity index (χ2v) is 19.1. The second-order valence-electron chi connectivity index (χ2n) is 18.3. The van der Waals surface area contributed by atoms with E-state index in [1.165, 1.54) is 101 Å². The first-order valence-corrected chi connectivity index (χ1v) is 21.0. The number of carboxylic acid groups (broad SMARTS) is 2. The van der Waals surface area contributed by atoms with Gasteiger partial charge < -0.3 is 20.4 Å². The average Bonchev–Trinajstić information content (AvgIpc) is 3.46. The van der Waals surface area contributed by atoms with Crippen LogP contribution in [-0.2, 0) is 0 Å². The molecule has 4 aliphatic carbocycles. The molecular formula is C45H58Cl2Na2O6. The molecule has 10 heteroatoms. The Morgan fingerprint density at radius 1 is 0.800 bits per heavy atom. The van der Waals surface area contributed by atoms with Crippen molar-refractivity contribution in [2.24, 2.45) is 58.2 Å². The second kappa shape index (κ2) is 19.1. The van der Waals surface area contributed by atoms with Gasteiger partial charge in [0.25, 0.3) is 0 Å². The summed E-state index contributed by atoms with van der Waals surface area (Å²) in [6.07, 6.45) is 19.5. The van der Waals surface area contributed by atoms with Gasteiger partial charge in [0.2, 0.25) is 0 Å². The number of carboxylic acids is 2. The number of rotatable bonds is 12. The molecule has 0 spiro atoms. The Labute approximate surface area is 383 Å². The minimum atomic E-state index is -1.40. The molecule has 0 unspecified atom stereocenters. The number of carbonyl (C=O) groups is 2. The average molecular weight is 812 g/mol. The fourth-order valence-corrected chi connectivity index (χ4v) is 12.8. The summed E-state index contributed by atoms with van der Waals surface area (Å²) in [6, 6.07) is 5.34. The van der Waals surface area contributed by atoms with Gasteiger partial charge >= 0.3 is 71.1 Å². The molecule has 290 valence electrons. The van der Waals surface area contributed by atoms with Crippen molar-refractivity contribution >= 4 is 40.7 Å². The summed E-state index contributed by atoms with van der Waals surface area (Å²) in [5.74, 6) is 1.90. The third-order valence-electron chi connectivity index (χ3n) is 15.1. The quantitative estimate of drug-likeness (QED) is 0.274. The predicted octanol–water partition coefficient (Wildman–Crippen LogP) is 5.49. The summed E-state index contributed by atoms with van der Waals surface area (Å²) in [5.41, 5.74) is 1.14. The normalized spacial score (nSPS) is 30.2. The first-order chi connectivity index (χ1) is 25.0. The van der Waals surface area contributed by atoms with Crippen LogP contribution in [0.4, 0.5) is 0 Å². The van der Waals surface area contributed by atoms with Crippen molar-refractivity contribution in [3.63, 3.8) is 0 Å². The summed E-state index contributed by atoms with van der Waals surface area (Å²) < 4.78 is 0. The van der Waals surface area contributed by atoms with Crippen LogP contribution in [0, 0.1) is 58.2 Å². The Morgan fingerprint density at radius 2 is 1.36 bits per heavy atom. The standard InChI is InChI=1S/C45H60Cl2O6.2Na/c1-25(2)8-6-9-26(3)35-14-15-36-32-13-12-30-20-27(16-18-44(30,4)37(32)17-19-45(35,36)5)10-7-11-31(28-21-33(42(50)51)40(48)38(46)23-28)29-22-34(43(52)53)41(49)39(47)24-29;;/h11,21-27,30,32,35-37,48-49H,6-10,12-20H2,1-5H3,(H,50,51)(H,52,53);;/q;2*+1/p-2/t26-,27+,30+,32+,35-,36+,37+,44+,45-;;/m1../s1. The van der Waals surface area contributed by atoms with E-state index in [0.717, 1.165) is 41.9 Å². The van der Waals surface area contributed by atoms with Gasteiger partial charge in [0, 0.05) is 10.0 Å². The van der Waals surface area contributed by atoms with Crippen LogP contribution in [0.25, 0.3) is 5.57 Å². The molecule has 4 aliphatic rings. The Hall–Kier alpha value is -0.700. The van der Waals surface area contributed by atoms with Gasteiger partial charge in [-0.15, -0.1) is 0 Å². The van der Waals surface area contributed by atoms with E-state index < -0.39 is 34.6 Å². The molecule has 6 rings (SSSR count). The zero-order valence-corrected chi connectivity index (χ0v) is 39.7. The van der Waals surface area contributed by atoms with Gasteiger partial charge in [0.15, 0.2) is 0 Å². The van der Waals surface area contributed by atoms with Gasteiger partial charge in [-0.2, -0.15) is 0 Å². The van der Waals surface area contributed by atoms with Crippen molar-refractivity contribution in [2.75, 3.05) is 0 Å². The van der Waals surface area contributed by atoms with Crippen molar-refractivity contribution < 1.29 is 89.1 Å². The molecule has 4 saturated carbocycles. The number of halogens is 2. The van der Waals surface area contributed by atoms with Gasteiger partial charge in [-0.3, -0.25) is 0 Å². The Kier molecular flexibility index (Phi) is 16.3. The van der Waals surface area contributed by atoms with Crippen molar-refractivity contribution in [3.05, 3.63) is 62.6 Å².